The van der Waals surface area contributed by atoms with Crippen molar-refractivity contribution < 1.29 is 23.1 Å². The third-order valence-corrected chi connectivity index (χ3v) is 5.10. The predicted molar refractivity (Wildman–Crippen MR) is 113 cm³/mol. The Morgan fingerprint density at radius 3 is 2.61 bits per heavy atom. The molecule has 1 aliphatic rings. The van der Waals surface area contributed by atoms with E-state index in [4.69, 9.17) is 9.15 Å². The lowest BCUT2D eigenvalue weighted by Crippen LogP contribution is -2.31. The SMILES string of the molecule is CC(=O)c1ccc(OCC(=O)N2N=C(c3ccc(C)cc3)CC2c2ccco2)cc1F. The zero-order valence-corrected chi connectivity index (χ0v) is 17.2. The number of aryl methyl sites for hydroxylation is 1. The molecule has 2 aromatic carbocycles. The van der Waals surface area contributed by atoms with Crippen LogP contribution in [0.1, 0.15) is 46.6 Å². The second-order valence-electron chi connectivity index (χ2n) is 7.37. The molecule has 1 amide bonds. The van der Waals surface area contributed by atoms with Gasteiger partial charge < -0.3 is 9.15 Å². The molecule has 0 N–H and O–H groups in total. The Labute approximate surface area is 178 Å². The number of ether oxygens (including phenoxy) is 1. The fraction of sp³-hybridized carbons (Fsp3) is 0.208. The molecule has 158 valence electrons. The van der Waals surface area contributed by atoms with E-state index < -0.39 is 5.82 Å². The van der Waals surface area contributed by atoms with Crippen molar-refractivity contribution in [2.24, 2.45) is 5.10 Å². The van der Waals surface area contributed by atoms with E-state index in [1.54, 1.807) is 18.4 Å². The third-order valence-electron chi connectivity index (χ3n) is 5.10. The molecule has 0 bridgehead atoms. The summed E-state index contributed by atoms with van der Waals surface area (Å²) >= 11 is 0. The zero-order chi connectivity index (χ0) is 22.0. The second kappa shape index (κ2) is 8.55. The number of amides is 1. The molecule has 1 unspecified atom stereocenters. The highest BCUT2D eigenvalue weighted by molar-refractivity contribution is 6.03. The van der Waals surface area contributed by atoms with Crippen LogP contribution in [0.3, 0.4) is 0 Å². The lowest BCUT2D eigenvalue weighted by Gasteiger charge is -2.20. The summed E-state index contributed by atoms with van der Waals surface area (Å²) in [6, 6.07) is 15.0. The summed E-state index contributed by atoms with van der Waals surface area (Å²) in [5.74, 6) is -0.675. The zero-order valence-electron chi connectivity index (χ0n) is 17.2. The first-order valence-electron chi connectivity index (χ1n) is 9.85. The number of benzene rings is 2. The molecule has 1 aromatic heterocycles. The van der Waals surface area contributed by atoms with Crippen LogP contribution in [0.5, 0.6) is 5.75 Å². The first kappa shape index (κ1) is 20.5. The van der Waals surface area contributed by atoms with Gasteiger partial charge in [0.05, 0.1) is 17.5 Å². The second-order valence-corrected chi connectivity index (χ2v) is 7.37. The van der Waals surface area contributed by atoms with E-state index in [9.17, 15) is 14.0 Å². The van der Waals surface area contributed by atoms with E-state index in [-0.39, 0.29) is 35.7 Å². The Balaban J connectivity index is 1.53. The summed E-state index contributed by atoms with van der Waals surface area (Å²) in [6.07, 6.45) is 2.06. The Morgan fingerprint density at radius 2 is 1.97 bits per heavy atom. The van der Waals surface area contributed by atoms with Crippen molar-refractivity contribution in [3.05, 3.63) is 89.1 Å². The van der Waals surface area contributed by atoms with Crippen LogP contribution >= 0.6 is 0 Å². The maximum absolute atomic E-state index is 14.0. The minimum atomic E-state index is -0.688. The van der Waals surface area contributed by atoms with Gasteiger partial charge in [0.15, 0.2) is 12.4 Å². The van der Waals surface area contributed by atoms with Crippen LogP contribution in [0.25, 0.3) is 0 Å². The summed E-state index contributed by atoms with van der Waals surface area (Å²) in [5.41, 5.74) is 2.81. The monoisotopic (exact) mass is 420 g/mol. The topological polar surface area (TPSA) is 72.1 Å². The molecule has 31 heavy (non-hydrogen) atoms. The number of hydrogen-bond acceptors (Lipinski definition) is 5. The number of halogens is 1. The fourth-order valence-corrected chi connectivity index (χ4v) is 3.45. The minimum Gasteiger partial charge on any atom is -0.484 e. The number of ketones is 1. The van der Waals surface area contributed by atoms with Crippen molar-refractivity contribution in [2.75, 3.05) is 6.61 Å². The summed E-state index contributed by atoms with van der Waals surface area (Å²) in [4.78, 5) is 24.3. The van der Waals surface area contributed by atoms with Crippen LogP contribution < -0.4 is 4.74 Å². The predicted octanol–water partition coefficient (Wildman–Crippen LogP) is 4.69. The largest absolute Gasteiger partial charge is 0.484 e. The van der Waals surface area contributed by atoms with E-state index >= 15 is 0 Å². The van der Waals surface area contributed by atoms with E-state index in [0.29, 0.717) is 12.2 Å². The summed E-state index contributed by atoms with van der Waals surface area (Å²) < 4.78 is 25.0. The van der Waals surface area contributed by atoms with Gasteiger partial charge in [-0.15, -0.1) is 0 Å². The molecule has 1 atom stereocenters. The molecule has 0 aliphatic carbocycles. The van der Waals surface area contributed by atoms with Crippen LogP contribution in [0.2, 0.25) is 0 Å². The normalized spacial score (nSPS) is 15.6. The number of carbonyl (C=O) groups excluding carboxylic acids is 2. The van der Waals surface area contributed by atoms with Crippen molar-refractivity contribution in [2.45, 2.75) is 26.3 Å². The number of furan rings is 1. The number of nitrogens with zero attached hydrogens (tertiary/aromatic N) is 2. The molecule has 7 heteroatoms. The van der Waals surface area contributed by atoms with Gasteiger partial charge >= 0.3 is 0 Å². The molecular weight excluding hydrogens is 399 g/mol. The Morgan fingerprint density at radius 1 is 1.19 bits per heavy atom. The molecule has 4 rings (SSSR count). The lowest BCUT2D eigenvalue weighted by atomic mass is 10.0. The quantitative estimate of drug-likeness (QED) is 0.543. The highest BCUT2D eigenvalue weighted by Gasteiger charge is 2.35. The van der Waals surface area contributed by atoms with E-state index in [1.165, 1.54) is 24.1 Å². The minimum absolute atomic E-state index is 0.0246. The number of carbonyl (C=O) groups is 2. The smallest absolute Gasteiger partial charge is 0.281 e. The molecule has 0 fully saturated rings. The van der Waals surface area contributed by atoms with Crippen molar-refractivity contribution in [1.82, 2.24) is 5.01 Å². The van der Waals surface area contributed by atoms with Gasteiger partial charge in [-0.25, -0.2) is 9.40 Å². The molecule has 0 spiro atoms. The first-order chi connectivity index (χ1) is 14.9. The molecule has 6 nitrogen and oxygen atoms in total. The molecule has 0 saturated carbocycles. The van der Waals surface area contributed by atoms with Gasteiger partial charge in [0.25, 0.3) is 5.91 Å². The Hall–Kier alpha value is -3.74. The van der Waals surface area contributed by atoms with Crippen molar-refractivity contribution in [1.29, 1.82) is 0 Å². The fourth-order valence-electron chi connectivity index (χ4n) is 3.45. The van der Waals surface area contributed by atoms with Crippen LogP contribution in [-0.2, 0) is 4.79 Å². The Kier molecular flexibility index (Phi) is 5.66. The maximum Gasteiger partial charge on any atom is 0.281 e. The van der Waals surface area contributed by atoms with Gasteiger partial charge in [-0.2, -0.15) is 5.10 Å². The Bertz CT molecular complexity index is 1140. The average Bonchev–Trinajstić information content (AvgIpc) is 3.42. The van der Waals surface area contributed by atoms with Gasteiger partial charge in [0, 0.05) is 12.5 Å². The molecule has 0 radical (unpaired) electrons. The van der Waals surface area contributed by atoms with Crippen LogP contribution in [0.4, 0.5) is 4.39 Å². The third kappa shape index (κ3) is 4.40. The van der Waals surface area contributed by atoms with E-state index in [2.05, 4.69) is 5.10 Å². The average molecular weight is 420 g/mol. The van der Waals surface area contributed by atoms with Crippen LogP contribution in [0, 0.1) is 12.7 Å². The number of rotatable bonds is 6. The maximum atomic E-state index is 14.0. The van der Waals surface area contributed by atoms with Gasteiger partial charge in [-0.3, -0.25) is 9.59 Å². The molecule has 3 aromatic rings. The van der Waals surface area contributed by atoms with E-state index in [1.807, 2.05) is 31.2 Å². The van der Waals surface area contributed by atoms with Gasteiger partial charge in [0.2, 0.25) is 0 Å². The van der Waals surface area contributed by atoms with Gasteiger partial charge in [-0.05, 0) is 43.7 Å². The van der Waals surface area contributed by atoms with Crippen molar-refractivity contribution >= 4 is 17.4 Å². The van der Waals surface area contributed by atoms with Crippen LogP contribution in [-0.4, -0.2) is 29.0 Å². The highest BCUT2D eigenvalue weighted by Crippen LogP contribution is 2.33. The van der Waals surface area contributed by atoms with Gasteiger partial charge in [-0.1, -0.05) is 29.8 Å². The number of hydrazone groups is 1. The molecule has 2 heterocycles. The summed E-state index contributed by atoms with van der Waals surface area (Å²) in [5, 5.41) is 5.89. The highest BCUT2D eigenvalue weighted by atomic mass is 19.1. The van der Waals surface area contributed by atoms with E-state index in [0.717, 1.165) is 22.9 Å². The standard InChI is InChI=1S/C24H21FN2O4/c1-15-5-7-17(8-6-15)21-13-22(23-4-3-11-30-23)27(26-21)24(29)14-31-18-9-10-19(16(2)28)20(25)12-18/h3-12,22H,13-14H2,1-2H3. The van der Waals surface area contributed by atoms with Gasteiger partial charge in [0.1, 0.15) is 23.4 Å². The number of hydrogen-bond donors (Lipinski definition) is 0. The lowest BCUT2D eigenvalue weighted by molar-refractivity contribution is -0.135. The van der Waals surface area contributed by atoms with Crippen molar-refractivity contribution in [3.8, 4) is 5.75 Å². The molecule has 1 aliphatic heterocycles. The van der Waals surface area contributed by atoms with Crippen molar-refractivity contribution in [3.63, 3.8) is 0 Å². The summed E-state index contributed by atoms with van der Waals surface area (Å²) in [6.45, 7) is 2.96. The number of Topliss-reactive ketones (excluding diaryl/α,β-unsaturated/α-hetero) is 1. The molecule has 0 saturated heterocycles. The first-order valence-corrected chi connectivity index (χ1v) is 9.85. The van der Waals surface area contributed by atoms with Crippen LogP contribution in [0.15, 0.2) is 70.4 Å². The molecular formula is C24H21FN2O4. The summed E-state index contributed by atoms with van der Waals surface area (Å²) in [7, 11) is 0.